The van der Waals surface area contributed by atoms with E-state index in [1.807, 2.05) is 4.90 Å². The highest BCUT2D eigenvalue weighted by molar-refractivity contribution is 6.00. The SMILES string of the molecule is CC(O)CN1CC(=O)Nc2ccncc21. The number of carbonyl (C=O) groups excluding carboxylic acids is 1. The van der Waals surface area contributed by atoms with Gasteiger partial charge in [-0.2, -0.15) is 0 Å². The number of pyridine rings is 1. The van der Waals surface area contributed by atoms with Gasteiger partial charge in [-0.15, -0.1) is 0 Å². The Morgan fingerprint density at radius 3 is 3.27 bits per heavy atom. The van der Waals surface area contributed by atoms with Crippen molar-refractivity contribution in [2.24, 2.45) is 0 Å². The first-order chi connectivity index (χ1) is 7.16. The monoisotopic (exact) mass is 207 g/mol. The Balaban J connectivity index is 2.30. The number of aliphatic hydroxyl groups excluding tert-OH is 1. The molecule has 0 spiro atoms. The molecule has 1 aromatic rings. The van der Waals surface area contributed by atoms with Gasteiger partial charge in [0.15, 0.2) is 0 Å². The fourth-order valence-corrected chi connectivity index (χ4v) is 1.67. The van der Waals surface area contributed by atoms with E-state index in [-0.39, 0.29) is 12.5 Å². The molecular weight excluding hydrogens is 194 g/mol. The van der Waals surface area contributed by atoms with Crippen molar-refractivity contribution in [2.75, 3.05) is 23.3 Å². The van der Waals surface area contributed by atoms with Crippen LogP contribution in [0.15, 0.2) is 18.5 Å². The summed E-state index contributed by atoms with van der Waals surface area (Å²) < 4.78 is 0. The largest absolute Gasteiger partial charge is 0.392 e. The lowest BCUT2D eigenvalue weighted by atomic mass is 10.2. The third kappa shape index (κ3) is 2.07. The predicted molar refractivity (Wildman–Crippen MR) is 56.8 cm³/mol. The molecule has 2 N–H and O–H groups in total. The van der Waals surface area contributed by atoms with Crippen molar-refractivity contribution in [1.82, 2.24) is 4.98 Å². The van der Waals surface area contributed by atoms with Gasteiger partial charge in [0.25, 0.3) is 0 Å². The zero-order chi connectivity index (χ0) is 10.8. The van der Waals surface area contributed by atoms with Crippen LogP contribution in [0, 0.1) is 0 Å². The maximum atomic E-state index is 11.4. The van der Waals surface area contributed by atoms with Gasteiger partial charge >= 0.3 is 0 Å². The van der Waals surface area contributed by atoms with Crippen LogP contribution < -0.4 is 10.2 Å². The van der Waals surface area contributed by atoms with Crippen molar-refractivity contribution >= 4 is 17.3 Å². The van der Waals surface area contributed by atoms with Crippen molar-refractivity contribution < 1.29 is 9.90 Å². The highest BCUT2D eigenvalue weighted by atomic mass is 16.3. The van der Waals surface area contributed by atoms with Crippen LogP contribution in [0.2, 0.25) is 0 Å². The Kier molecular flexibility index (Phi) is 2.55. The molecule has 80 valence electrons. The molecule has 0 radical (unpaired) electrons. The molecule has 0 aliphatic carbocycles. The molecule has 0 saturated heterocycles. The molecule has 0 aromatic carbocycles. The van der Waals surface area contributed by atoms with E-state index in [4.69, 9.17) is 0 Å². The Bertz CT molecular complexity index is 379. The van der Waals surface area contributed by atoms with Crippen LogP contribution in [0.3, 0.4) is 0 Å². The van der Waals surface area contributed by atoms with E-state index < -0.39 is 6.10 Å². The Hall–Kier alpha value is -1.62. The van der Waals surface area contributed by atoms with E-state index in [1.54, 1.807) is 25.4 Å². The smallest absolute Gasteiger partial charge is 0.243 e. The first-order valence-corrected chi connectivity index (χ1v) is 4.83. The van der Waals surface area contributed by atoms with Crippen molar-refractivity contribution in [3.63, 3.8) is 0 Å². The summed E-state index contributed by atoms with van der Waals surface area (Å²) in [6.45, 7) is 2.40. The number of amides is 1. The van der Waals surface area contributed by atoms with Gasteiger partial charge in [0.05, 0.1) is 30.2 Å². The van der Waals surface area contributed by atoms with Crippen LogP contribution in [0.25, 0.3) is 0 Å². The number of fused-ring (bicyclic) bond motifs is 1. The number of aliphatic hydroxyl groups is 1. The fraction of sp³-hybridized carbons (Fsp3) is 0.400. The van der Waals surface area contributed by atoms with E-state index in [0.29, 0.717) is 6.54 Å². The Labute approximate surface area is 87.7 Å². The summed E-state index contributed by atoms with van der Waals surface area (Å²) in [5.41, 5.74) is 1.61. The molecule has 1 aliphatic heterocycles. The minimum atomic E-state index is -0.469. The lowest BCUT2D eigenvalue weighted by Crippen LogP contribution is -2.41. The summed E-state index contributed by atoms with van der Waals surface area (Å²) in [4.78, 5) is 17.2. The zero-order valence-electron chi connectivity index (χ0n) is 8.47. The van der Waals surface area contributed by atoms with Crippen LogP contribution in [0.5, 0.6) is 0 Å². The van der Waals surface area contributed by atoms with Gasteiger partial charge in [-0.25, -0.2) is 0 Å². The van der Waals surface area contributed by atoms with Crippen molar-refractivity contribution in [3.8, 4) is 0 Å². The third-order valence-corrected chi connectivity index (χ3v) is 2.23. The van der Waals surface area contributed by atoms with Crippen molar-refractivity contribution in [3.05, 3.63) is 18.5 Å². The van der Waals surface area contributed by atoms with Crippen LogP contribution in [0.4, 0.5) is 11.4 Å². The Morgan fingerprint density at radius 1 is 1.73 bits per heavy atom. The molecule has 2 rings (SSSR count). The molecule has 0 fully saturated rings. The molecule has 5 nitrogen and oxygen atoms in total. The first-order valence-electron chi connectivity index (χ1n) is 4.83. The van der Waals surface area contributed by atoms with Gasteiger partial charge in [0.2, 0.25) is 5.91 Å². The summed E-state index contributed by atoms with van der Waals surface area (Å²) >= 11 is 0. The first kappa shape index (κ1) is 9.92. The molecule has 1 unspecified atom stereocenters. The number of nitrogens with zero attached hydrogens (tertiary/aromatic N) is 2. The van der Waals surface area contributed by atoms with Gasteiger partial charge in [0, 0.05) is 12.7 Å². The maximum absolute atomic E-state index is 11.4. The normalized spacial score (nSPS) is 16.9. The number of aromatic nitrogens is 1. The second-order valence-corrected chi connectivity index (χ2v) is 3.67. The molecule has 0 saturated carbocycles. The minimum absolute atomic E-state index is 0.0608. The van der Waals surface area contributed by atoms with Gasteiger partial charge in [-0.3, -0.25) is 9.78 Å². The van der Waals surface area contributed by atoms with Gasteiger partial charge in [0.1, 0.15) is 0 Å². The number of nitrogens with one attached hydrogen (secondary N) is 1. The molecule has 1 amide bonds. The van der Waals surface area contributed by atoms with Gasteiger partial charge in [-0.1, -0.05) is 0 Å². The van der Waals surface area contributed by atoms with Crippen molar-refractivity contribution in [1.29, 1.82) is 0 Å². The predicted octanol–water partition coefficient (Wildman–Crippen LogP) is 0.221. The number of rotatable bonds is 2. The lowest BCUT2D eigenvalue weighted by Gasteiger charge is -2.31. The molecule has 0 bridgehead atoms. The van der Waals surface area contributed by atoms with Crippen LogP contribution in [-0.4, -0.2) is 35.2 Å². The molecule has 1 aliphatic rings. The highest BCUT2D eigenvalue weighted by Gasteiger charge is 2.22. The molecule has 5 heteroatoms. The minimum Gasteiger partial charge on any atom is -0.392 e. The summed E-state index contributed by atoms with van der Waals surface area (Å²) in [6.07, 6.45) is 2.85. The quantitative estimate of drug-likeness (QED) is 0.728. The Morgan fingerprint density at radius 2 is 2.53 bits per heavy atom. The summed E-state index contributed by atoms with van der Waals surface area (Å²) in [5, 5.41) is 12.1. The number of hydrogen-bond donors (Lipinski definition) is 2. The van der Waals surface area contributed by atoms with E-state index in [2.05, 4.69) is 10.3 Å². The van der Waals surface area contributed by atoms with Gasteiger partial charge < -0.3 is 15.3 Å². The number of anilines is 2. The fourth-order valence-electron chi connectivity index (χ4n) is 1.67. The number of β-amino-alcohol motifs (C(OH)–C–C–N with tert-alkyl or cyclic N) is 1. The van der Waals surface area contributed by atoms with E-state index in [0.717, 1.165) is 11.4 Å². The zero-order valence-corrected chi connectivity index (χ0v) is 8.47. The van der Waals surface area contributed by atoms with Crippen molar-refractivity contribution in [2.45, 2.75) is 13.0 Å². The highest BCUT2D eigenvalue weighted by Crippen LogP contribution is 2.27. The van der Waals surface area contributed by atoms with Gasteiger partial charge in [-0.05, 0) is 13.0 Å². The second-order valence-electron chi connectivity index (χ2n) is 3.67. The summed E-state index contributed by atoms with van der Waals surface area (Å²) in [5.74, 6) is -0.0608. The number of carbonyl (C=O) groups is 1. The topological polar surface area (TPSA) is 65.5 Å². The molecule has 1 atom stereocenters. The molecular formula is C10H13N3O2. The maximum Gasteiger partial charge on any atom is 0.243 e. The van der Waals surface area contributed by atoms with E-state index in [9.17, 15) is 9.90 Å². The van der Waals surface area contributed by atoms with Crippen LogP contribution >= 0.6 is 0 Å². The summed E-state index contributed by atoms with van der Waals surface area (Å²) in [6, 6.07) is 1.75. The summed E-state index contributed by atoms with van der Waals surface area (Å²) in [7, 11) is 0. The third-order valence-electron chi connectivity index (χ3n) is 2.23. The van der Waals surface area contributed by atoms with E-state index in [1.165, 1.54) is 0 Å². The molecule has 1 aromatic heterocycles. The number of hydrogen-bond acceptors (Lipinski definition) is 4. The average molecular weight is 207 g/mol. The average Bonchev–Trinajstić information content (AvgIpc) is 2.16. The van der Waals surface area contributed by atoms with Crippen LogP contribution in [0.1, 0.15) is 6.92 Å². The lowest BCUT2D eigenvalue weighted by molar-refractivity contribution is -0.115. The molecule has 2 heterocycles. The van der Waals surface area contributed by atoms with E-state index >= 15 is 0 Å². The standard InChI is InChI=1S/C10H13N3O2/c1-7(14)5-13-6-10(15)12-8-2-3-11-4-9(8)13/h2-4,7,14H,5-6H2,1H3,(H,12,15). The second kappa shape index (κ2) is 3.86. The van der Waals surface area contributed by atoms with Crippen LogP contribution in [-0.2, 0) is 4.79 Å². The molecule has 15 heavy (non-hydrogen) atoms.